The zero-order valence-electron chi connectivity index (χ0n) is 16.6. The van der Waals surface area contributed by atoms with Crippen LogP contribution in [0.25, 0.3) is 0 Å². The van der Waals surface area contributed by atoms with Gasteiger partial charge < -0.3 is 20.7 Å². The van der Waals surface area contributed by atoms with Gasteiger partial charge in [-0.05, 0) is 61.6 Å². The molecular weight excluding hydrogens is 354 g/mol. The second kappa shape index (κ2) is 8.11. The number of nitrogens with two attached hydrogens (primary N) is 1. The van der Waals surface area contributed by atoms with E-state index >= 15 is 0 Å². The van der Waals surface area contributed by atoms with Crippen LogP contribution < -0.4 is 15.8 Å². The number of hydrogen-bond donors (Lipinski definition) is 2. The summed E-state index contributed by atoms with van der Waals surface area (Å²) in [4.78, 5) is 27.5. The molecule has 1 aromatic rings. The minimum Gasteiger partial charge on any atom is -0.497 e. The first kappa shape index (κ1) is 19.2. The summed E-state index contributed by atoms with van der Waals surface area (Å²) < 4.78 is 5.15. The normalized spacial score (nSPS) is 29.7. The van der Waals surface area contributed by atoms with Crippen molar-refractivity contribution in [3.8, 4) is 5.75 Å². The van der Waals surface area contributed by atoms with E-state index in [1.165, 1.54) is 6.42 Å². The number of likely N-dealkylation sites (tertiary alicyclic amines) is 1. The average molecular weight is 386 g/mol. The van der Waals surface area contributed by atoms with Crippen LogP contribution in [0.1, 0.15) is 37.7 Å². The molecule has 2 saturated carbocycles. The lowest BCUT2D eigenvalue weighted by atomic mass is 9.83. The monoisotopic (exact) mass is 385 g/mol. The van der Waals surface area contributed by atoms with Crippen LogP contribution in [-0.4, -0.2) is 43.0 Å². The van der Waals surface area contributed by atoms with Crippen molar-refractivity contribution >= 4 is 11.8 Å². The molecule has 4 rings (SSSR count). The minimum absolute atomic E-state index is 0.0131. The Kier molecular flexibility index (Phi) is 5.58. The lowest BCUT2D eigenvalue weighted by molar-refractivity contribution is -0.141. The highest BCUT2D eigenvalue weighted by molar-refractivity contribution is 5.82. The maximum atomic E-state index is 13.0. The molecule has 0 aromatic heterocycles. The van der Waals surface area contributed by atoms with Crippen LogP contribution in [0, 0.1) is 23.7 Å². The number of ether oxygens (including phenoxy) is 1. The van der Waals surface area contributed by atoms with E-state index in [9.17, 15) is 9.59 Å². The van der Waals surface area contributed by atoms with Crippen molar-refractivity contribution in [2.24, 2.45) is 29.4 Å². The van der Waals surface area contributed by atoms with Crippen LogP contribution in [0.3, 0.4) is 0 Å². The summed E-state index contributed by atoms with van der Waals surface area (Å²) in [5.41, 5.74) is 7.39. The summed E-state index contributed by atoms with van der Waals surface area (Å²) in [5, 5.41) is 3.03. The van der Waals surface area contributed by atoms with Crippen LogP contribution in [0.4, 0.5) is 0 Å². The fourth-order valence-corrected chi connectivity index (χ4v) is 5.35. The standard InChI is InChI=1S/C22H31N3O3/c1-28-18-6-2-14(3-7-18)13-24-21(26)15-8-10-25(11-9-15)22(27)19-16-4-5-17(12-16)20(19)23/h2-3,6-7,15-17,19-20H,4-5,8-13,23H2,1H3,(H,24,26). The molecule has 2 aliphatic carbocycles. The Labute approximate surface area is 166 Å². The lowest BCUT2D eigenvalue weighted by Gasteiger charge is -2.36. The summed E-state index contributed by atoms with van der Waals surface area (Å²) >= 11 is 0. The van der Waals surface area contributed by atoms with Crippen molar-refractivity contribution in [3.63, 3.8) is 0 Å². The number of nitrogens with zero attached hydrogens (tertiary/aromatic N) is 1. The van der Waals surface area contributed by atoms with E-state index in [2.05, 4.69) is 5.32 Å². The van der Waals surface area contributed by atoms with Gasteiger partial charge in [-0.15, -0.1) is 0 Å². The van der Waals surface area contributed by atoms with Crippen molar-refractivity contribution in [1.82, 2.24) is 10.2 Å². The first-order valence-corrected chi connectivity index (χ1v) is 10.5. The van der Waals surface area contributed by atoms with Crippen molar-refractivity contribution in [3.05, 3.63) is 29.8 Å². The van der Waals surface area contributed by atoms with Gasteiger partial charge in [0.25, 0.3) is 0 Å². The SMILES string of the molecule is COc1ccc(CNC(=O)C2CCN(C(=O)C3C4CCC(C4)C3N)CC2)cc1. The number of nitrogens with one attached hydrogen (secondary N) is 1. The van der Waals surface area contributed by atoms with Crippen molar-refractivity contribution in [1.29, 1.82) is 0 Å². The molecule has 2 bridgehead atoms. The number of benzene rings is 1. The van der Waals surface area contributed by atoms with Gasteiger partial charge in [-0.25, -0.2) is 0 Å². The molecule has 6 nitrogen and oxygen atoms in total. The van der Waals surface area contributed by atoms with E-state index in [1.54, 1.807) is 7.11 Å². The lowest BCUT2D eigenvalue weighted by Crippen LogP contribution is -2.50. The van der Waals surface area contributed by atoms with Gasteiger partial charge in [0.05, 0.1) is 13.0 Å². The molecule has 1 heterocycles. The molecule has 28 heavy (non-hydrogen) atoms. The summed E-state index contributed by atoms with van der Waals surface area (Å²) in [6.45, 7) is 1.85. The molecule has 6 heteroatoms. The van der Waals surface area contributed by atoms with Gasteiger partial charge >= 0.3 is 0 Å². The molecule has 3 fully saturated rings. The zero-order chi connectivity index (χ0) is 19.7. The molecule has 1 aliphatic heterocycles. The smallest absolute Gasteiger partial charge is 0.227 e. The number of carbonyl (C=O) groups excluding carboxylic acids is 2. The molecule has 2 amide bonds. The van der Waals surface area contributed by atoms with E-state index in [0.29, 0.717) is 31.5 Å². The van der Waals surface area contributed by atoms with Crippen LogP contribution in [0.2, 0.25) is 0 Å². The van der Waals surface area contributed by atoms with Gasteiger partial charge in [-0.3, -0.25) is 9.59 Å². The number of fused-ring (bicyclic) bond motifs is 2. The van der Waals surface area contributed by atoms with Crippen LogP contribution >= 0.6 is 0 Å². The highest BCUT2D eigenvalue weighted by atomic mass is 16.5. The molecule has 0 spiro atoms. The second-order valence-electron chi connectivity index (χ2n) is 8.60. The Hall–Kier alpha value is -2.08. The maximum Gasteiger partial charge on any atom is 0.227 e. The topological polar surface area (TPSA) is 84.7 Å². The van der Waals surface area contributed by atoms with Crippen molar-refractivity contribution in [2.75, 3.05) is 20.2 Å². The second-order valence-corrected chi connectivity index (χ2v) is 8.60. The van der Waals surface area contributed by atoms with Gasteiger partial charge in [0.1, 0.15) is 5.75 Å². The van der Waals surface area contributed by atoms with E-state index < -0.39 is 0 Å². The molecule has 1 aromatic carbocycles. The Balaban J connectivity index is 1.24. The van der Waals surface area contributed by atoms with Crippen molar-refractivity contribution < 1.29 is 14.3 Å². The molecule has 0 radical (unpaired) electrons. The van der Waals surface area contributed by atoms with E-state index in [-0.39, 0.29) is 29.7 Å². The van der Waals surface area contributed by atoms with Gasteiger partial charge in [0.2, 0.25) is 11.8 Å². The summed E-state index contributed by atoms with van der Waals surface area (Å²) in [5.74, 6) is 2.15. The number of amides is 2. The predicted molar refractivity (Wildman–Crippen MR) is 106 cm³/mol. The minimum atomic E-state index is -0.0176. The number of hydrogen-bond acceptors (Lipinski definition) is 4. The van der Waals surface area contributed by atoms with Gasteiger partial charge in [-0.1, -0.05) is 12.1 Å². The Morgan fingerprint density at radius 2 is 1.79 bits per heavy atom. The summed E-state index contributed by atoms with van der Waals surface area (Å²) in [6, 6.07) is 7.74. The quantitative estimate of drug-likeness (QED) is 0.811. The summed E-state index contributed by atoms with van der Waals surface area (Å²) in [7, 11) is 1.64. The summed E-state index contributed by atoms with van der Waals surface area (Å²) in [6.07, 6.45) is 4.93. The predicted octanol–water partition coefficient (Wildman–Crippen LogP) is 1.92. The molecule has 152 valence electrons. The first-order chi connectivity index (χ1) is 13.6. The third kappa shape index (κ3) is 3.75. The number of piperidine rings is 1. The third-order valence-corrected chi connectivity index (χ3v) is 7.07. The fraction of sp³-hybridized carbons (Fsp3) is 0.636. The first-order valence-electron chi connectivity index (χ1n) is 10.5. The van der Waals surface area contributed by atoms with Crippen LogP contribution in [-0.2, 0) is 16.1 Å². The van der Waals surface area contributed by atoms with Gasteiger partial charge in [-0.2, -0.15) is 0 Å². The van der Waals surface area contributed by atoms with Crippen LogP contribution in [0.5, 0.6) is 5.75 Å². The van der Waals surface area contributed by atoms with Gasteiger partial charge in [0.15, 0.2) is 0 Å². The van der Waals surface area contributed by atoms with Gasteiger partial charge in [0, 0.05) is 31.6 Å². The third-order valence-electron chi connectivity index (χ3n) is 7.07. The molecular formula is C22H31N3O3. The molecule has 4 atom stereocenters. The Bertz CT molecular complexity index is 710. The molecule has 1 saturated heterocycles. The zero-order valence-corrected chi connectivity index (χ0v) is 16.6. The number of rotatable bonds is 5. The highest BCUT2D eigenvalue weighted by Gasteiger charge is 2.50. The highest BCUT2D eigenvalue weighted by Crippen LogP contribution is 2.48. The van der Waals surface area contributed by atoms with Crippen LogP contribution in [0.15, 0.2) is 24.3 Å². The molecule has 3 N–H and O–H groups in total. The van der Waals surface area contributed by atoms with E-state index in [1.807, 2.05) is 29.2 Å². The average Bonchev–Trinajstić information content (AvgIpc) is 3.33. The number of methoxy groups -OCH3 is 1. The van der Waals surface area contributed by atoms with E-state index in [0.717, 1.165) is 37.0 Å². The fourth-order valence-electron chi connectivity index (χ4n) is 5.35. The number of carbonyl (C=O) groups is 2. The largest absolute Gasteiger partial charge is 0.497 e. The Morgan fingerprint density at radius 1 is 1.11 bits per heavy atom. The molecule has 4 unspecified atom stereocenters. The molecule has 3 aliphatic rings. The van der Waals surface area contributed by atoms with E-state index in [4.69, 9.17) is 10.5 Å². The van der Waals surface area contributed by atoms with Crippen molar-refractivity contribution in [2.45, 2.75) is 44.7 Å². The maximum absolute atomic E-state index is 13.0. The Morgan fingerprint density at radius 3 is 2.39 bits per heavy atom.